The van der Waals surface area contributed by atoms with Crippen molar-refractivity contribution in [1.82, 2.24) is 19.9 Å². The van der Waals surface area contributed by atoms with Crippen molar-refractivity contribution < 1.29 is 14.3 Å². The number of nitrogens with zero attached hydrogens (tertiary/aromatic N) is 3. The molecule has 1 unspecified atom stereocenters. The van der Waals surface area contributed by atoms with Crippen LogP contribution in [0.4, 0.5) is 4.79 Å². The van der Waals surface area contributed by atoms with E-state index in [1.807, 2.05) is 63.4 Å². The lowest BCUT2D eigenvalue weighted by Crippen LogP contribution is -2.44. The van der Waals surface area contributed by atoms with Gasteiger partial charge in [-0.05, 0) is 32.4 Å². The monoisotopic (exact) mass is 380 g/mol. The second-order valence-corrected chi connectivity index (χ2v) is 7.87. The molecule has 1 aliphatic heterocycles. The zero-order valence-corrected chi connectivity index (χ0v) is 16.3. The number of hydrogen-bond donors (Lipinski definition) is 1. The van der Waals surface area contributed by atoms with Crippen molar-refractivity contribution >= 4 is 17.3 Å². The van der Waals surface area contributed by atoms with E-state index in [0.29, 0.717) is 31.2 Å². The zero-order valence-electron chi connectivity index (χ0n) is 16.3. The van der Waals surface area contributed by atoms with E-state index in [2.05, 4.69) is 15.0 Å². The summed E-state index contributed by atoms with van der Waals surface area (Å²) >= 11 is 0. The van der Waals surface area contributed by atoms with Crippen molar-refractivity contribution in [2.24, 2.45) is 0 Å². The number of ether oxygens (including phenoxy) is 2. The lowest BCUT2D eigenvalue weighted by atomic mass is 10.1. The molecule has 0 bridgehead atoms. The van der Waals surface area contributed by atoms with Gasteiger partial charge in [-0.2, -0.15) is 0 Å². The third kappa shape index (κ3) is 3.99. The first kappa shape index (κ1) is 18.4. The molecule has 7 heteroatoms. The van der Waals surface area contributed by atoms with Crippen LogP contribution in [0.25, 0.3) is 22.3 Å². The molecule has 0 aliphatic carbocycles. The number of hydrogen-bond acceptors (Lipinski definition) is 5. The van der Waals surface area contributed by atoms with Crippen molar-refractivity contribution in [2.45, 2.75) is 32.5 Å². The van der Waals surface area contributed by atoms with Crippen LogP contribution in [-0.2, 0) is 9.47 Å². The largest absolute Gasteiger partial charge is 0.444 e. The van der Waals surface area contributed by atoms with Crippen LogP contribution in [0, 0.1) is 0 Å². The zero-order chi connectivity index (χ0) is 19.7. The van der Waals surface area contributed by atoms with Gasteiger partial charge in [-0.1, -0.05) is 30.3 Å². The van der Waals surface area contributed by atoms with Crippen molar-refractivity contribution in [3.63, 3.8) is 0 Å². The second kappa shape index (κ2) is 7.24. The number of aromatic nitrogens is 3. The molecule has 4 rings (SSSR count). The van der Waals surface area contributed by atoms with E-state index >= 15 is 0 Å². The predicted molar refractivity (Wildman–Crippen MR) is 106 cm³/mol. The van der Waals surface area contributed by atoms with Gasteiger partial charge in [-0.25, -0.2) is 14.8 Å². The number of nitrogens with one attached hydrogen (secondary N) is 1. The summed E-state index contributed by atoms with van der Waals surface area (Å²) < 4.78 is 11.3. The molecule has 1 saturated heterocycles. The van der Waals surface area contributed by atoms with E-state index in [1.165, 1.54) is 0 Å². The van der Waals surface area contributed by atoms with Crippen molar-refractivity contribution in [2.75, 3.05) is 19.7 Å². The fraction of sp³-hybridized carbons (Fsp3) is 0.381. The second-order valence-electron chi connectivity index (χ2n) is 7.87. The Labute approximate surface area is 163 Å². The highest BCUT2D eigenvalue weighted by Gasteiger charge is 2.30. The smallest absolute Gasteiger partial charge is 0.410 e. The maximum atomic E-state index is 12.4. The first-order valence-corrected chi connectivity index (χ1v) is 9.40. The number of carbonyl (C=O) groups excluding carboxylic acids is 1. The number of pyridine rings is 1. The number of aromatic amines is 1. The molecule has 146 valence electrons. The lowest BCUT2D eigenvalue weighted by molar-refractivity contribution is -0.0459. The van der Waals surface area contributed by atoms with Crippen LogP contribution < -0.4 is 0 Å². The number of fused-ring (bicyclic) bond motifs is 1. The van der Waals surface area contributed by atoms with Gasteiger partial charge in [0, 0.05) is 18.3 Å². The van der Waals surface area contributed by atoms with Gasteiger partial charge < -0.3 is 19.4 Å². The quantitative estimate of drug-likeness (QED) is 0.728. The Bertz CT molecular complexity index is 978. The summed E-state index contributed by atoms with van der Waals surface area (Å²) in [5.74, 6) is 0.668. The summed E-state index contributed by atoms with van der Waals surface area (Å²) in [5, 5.41) is 0. The summed E-state index contributed by atoms with van der Waals surface area (Å²) in [7, 11) is 0. The van der Waals surface area contributed by atoms with Gasteiger partial charge in [-0.15, -0.1) is 0 Å². The fourth-order valence-electron chi connectivity index (χ4n) is 3.17. The molecule has 0 spiro atoms. The van der Waals surface area contributed by atoms with Gasteiger partial charge in [0.25, 0.3) is 0 Å². The standard InChI is InChI=1S/C21H24N4O3/c1-21(2,3)28-20(26)25-9-10-27-17(13-25)19-23-16-11-15(12-22-18(16)24-19)14-7-5-4-6-8-14/h4-8,11-12,17H,9-10,13H2,1-3H3,(H,22,23,24). The van der Waals surface area contributed by atoms with Crippen LogP contribution in [0.15, 0.2) is 42.6 Å². The van der Waals surface area contributed by atoms with E-state index in [1.54, 1.807) is 4.90 Å². The molecule has 3 aromatic rings. The molecule has 0 radical (unpaired) electrons. The topological polar surface area (TPSA) is 80.3 Å². The molecule has 28 heavy (non-hydrogen) atoms. The van der Waals surface area contributed by atoms with Gasteiger partial charge in [0.15, 0.2) is 5.65 Å². The molecule has 1 N–H and O–H groups in total. The van der Waals surface area contributed by atoms with E-state index in [0.717, 1.165) is 16.6 Å². The molecule has 3 heterocycles. The Hall–Kier alpha value is -2.93. The van der Waals surface area contributed by atoms with Crippen LogP contribution in [0.5, 0.6) is 0 Å². The Morgan fingerprint density at radius 1 is 1.25 bits per heavy atom. The third-order valence-corrected chi connectivity index (χ3v) is 4.49. The Kier molecular flexibility index (Phi) is 4.77. The summed E-state index contributed by atoms with van der Waals surface area (Å²) in [6.45, 7) is 6.90. The highest BCUT2D eigenvalue weighted by molar-refractivity contribution is 5.78. The SMILES string of the molecule is CC(C)(C)OC(=O)N1CCOC(c2nc3ncc(-c4ccccc4)cc3[nH]2)C1. The molecular formula is C21H24N4O3. The Balaban J connectivity index is 1.54. The number of benzene rings is 1. The number of imidazole rings is 1. The first-order valence-electron chi connectivity index (χ1n) is 9.40. The molecule has 1 aromatic carbocycles. The summed E-state index contributed by atoms with van der Waals surface area (Å²) in [6.07, 6.45) is 1.15. The minimum atomic E-state index is -0.526. The van der Waals surface area contributed by atoms with Gasteiger partial charge in [0.05, 0.1) is 18.7 Å². The van der Waals surface area contributed by atoms with E-state index in [4.69, 9.17) is 9.47 Å². The normalized spacial score (nSPS) is 17.7. The number of amides is 1. The van der Waals surface area contributed by atoms with Gasteiger partial charge in [0.2, 0.25) is 0 Å². The van der Waals surface area contributed by atoms with E-state index < -0.39 is 5.60 Å². The van der Waals surface area contributed by atoms with Crippen LogP contribution in [0.2, 0.25) is 0 Å². The maximum Gasteiger partial charge on any atom is 0.410 e. The average molecular weight is 380 g/mol. The van der Waals surface area contributed by atoms with Gasteiger partial charge in [-0.3, -0.25) is 0 Å². The predicted octanol–water partition coefficient (Wildman–Crippen LogP) is 3.93. The molecule has 1 fully saturated rings. The Morgan fingerprint density at radius 2 is 2.04 bits per heavy atom. The highest BCUT2D eigenvalue weighted by atomic mass is 16.6. The highest BCUT2D eigenvalue weighted by Crippen LogP contribution is 2.26. The summed E-state index contributed by atoms with van der Waals surface area (Å²) in [5.41, 5.74) is 3.06. The fourth-order valence-corrected chi connectivity index (χ4v) is 3.17. The van der Waals surface area contributed by atoms with Gasteiger partial charge >= 0.3 is 6.09 Å². The average Bonchev–Trinajstić information content (AvgIpc) is 3.11. The summed E-state index contributed by atoms with van der Waals surface area (Å²) in [4.78, 5) is 26.4. The van der Waals surface area contributed by atoms with Crippen LogP contribution in [0.3, 0.4) is 0 Å². The van der Waals surface area contributed by atoms with Crippen molar-refractivity contribution in [3.05, 3.63) is 48.4 Å². The van der Waals surface area contributed by atoms with E-state index in [-0.39, 0.29) is 12.2 Å². The van der Waals surface area contributed by atoms with Gasteiger partial charge in [0.1, 0.15) is 17.5 Å². The number of rotatable bonds is 2. The number of morpholine rings is 1. The molecule has 1 aliphatic rings. The summed E-state index contributed by atoms with van der Waals surface area (Å²) in [6, 6.07) is 12.1. The van der Waals surface area contributed by atoms with Crippen molar-refractivity contribution in [1.29, 1.82) is 0 Å². The lowest BCUT2D eigenvalue weighted by Gasteiger charge is -2.33. The molecule has 1 amide bonds. The maximum absolute atomic E-state index is 12.4. The van der Waals surface area contributed by atoms with E-state index in [9.17, 15) is 4.79 Å². The van der Waals surface area contributed by atoms with Crippen molar-refractivity contribution in [3.8, 4) is 11.1 Å². The minimum absolute atomic E-state index is 0.332. The number of carbonyl (C=O) groups is 1. The number of H-pyrrole nitrogens is 1. The molecule has 7 nitrogen and oxygen atoms in total. The molecular weight excluding hydrogens is 356 g/mol. The van der Waals surface area contributed by atoms with Crippen LogP contribution in [0.1, 0.15) is 32.7 Å². The molecule has 0 saturated carbocycles. The first-order chi connectivity index (χ1) is 13.4. The third-order valence-electron chi connectivity index (χ3n) is 4.49. The Morgan fingerprint density at radius 3 is 2.79 bits per heavy atom. The minimum Gasteiger partial charge on any atom is -0.444 e. The van der Waals surface area contributed by atoms with Crippen LogP contribution in [-0.4, -0.2) is 51.2 Å². The molecule has 1 atom stereocenters. The van der Waals surface area contributed by atoms with Crippen LogP contribution >= 0.6 is 0 Å². The molecule has 2 aromatic heterocycles.